The number of aromatic nitrogens is 2. The summed E-state index contributed by atoms with van der Waals surface area (Å²) in [6.45, 7) is 0. The van der Waals surface area contributed by atoms with Crippen molar-refractivity contribution in [2.75, 3.05) is 0 Å². The fourth-order valence-corrected chi connectivity index (χ4v) is 1.75. The zero-order valence-corrected chi connectivity index (χ0v) is 8.85. The molecule has 0 aliphatic rings. The van der Waals surface area contributed by atoms with Gasteiger partial charge in [0.1, 0.15) is 0 Å². The van der Waals surface area contributed by atoms with Gasteiger partial charge in [-0.3, -0.25) is 10.1 Å². The lowest BCUT2D eigenvalue weighted by molar-refractivity contribution is -0.385. The largest absolute Gasteiger partial charge is 0.334 e. The van der Waals surface area contributed by atoms with E-state index in [1.165, 1.54) is 6.07 Å². The number of hydrogen-bond donors (Lipinski definition) is 0. The first kappa shape index (κ1) is 9.14. The van der Waals surface area contributed by atoms with Crippen LogP contribution in [0.15, 0.2) is 22.9 Å². The Morgan fingerprint density at radius 2 is 2.29 bits per heavy atom. The van der Waals surface area contributed by atoms with Crippen molar-refractivity contribution in [3.8, 4) is 0 Å². The monoisotopic (exact) mass is 255 g/mol. The maximum atomic E-state index is 10.6. The summed E-state index contributed by atoms with van der Waals surface area (Å²) in [5, 5.41) is 10.6. The summed E-state index contributed by atoms with van der Waals surface area (Å²) < 4.78 is 2.20. The van der Waals surface area contributed by atoms with Crippen LogP contribution in [-0.4, -0.2) is 14.5 Å². The molecule has 0 aliphatic carbocycles. The lowest BCUT2D eigenvalue weighted by Crippen LogP contribution is -1.91. The predicted molar refractivity (Wildman–Crippen MR) is 55.1 cm³/mol. The van der Waals surface area contributed by atoms with E-state index >= 15 is 0 Å². The van der Waals surface area contributed by atoms with Gasteiger partial charge >= 0.3 is 0 Å². The van der Waals surface area contributed by atoms with E-state index in [9.17, 15) is 10.1 Å². The molecule has 5 nitrogen and oxygen atoms in total. The zero-order valence-electron chi connectivity index (χ0n) is 7.27. The molecule has 2 rings (SSSR count). The highest BCUT2D eigenvalue weighted by Gasteiger charge is 2.14. The minimum Gasteiger partial charge on any atom is -0.334 e. The van der Waals surface area contributed by atoms with Gasteiger partial charge in [0.2, 0.25) is 0 Å². The topological polar surface area (TPSA) is 61.0 Å². The Labute approximate surface area is 87.6 Å². The number of halogens is 1. The fourth-order valence-electron chi connectivity index (χ4n) is 1.28. The third kappa shape index (κ3) is 1.27. The highest BCUT2D eigenvalue weighted by Crippen LogP contribution is 2.29. The molecule has 0 amide bonds. The summed E-state index contributed by atoms with van der Waals surface area (Å²) in [6, 6.07) is 3.15. The van der Waals surface area contributed by atoms with Crippen LogP contribution in [0.2, 0.25) is 0 Å². The smallest absolute Gasteiger partial charge is 0.285 e. The Hall–Kier alpha value is -1.43. The Balaban J connectivity index is 2.80. The summed E-state index contributed by atoms with van der Waals surface area (Å²) in [4.78, 5) is 14.3. The molecule has 0 atom stereocenters. The SMILES string of the molecule is Cn1cnc2cc(Br)c([N+](=O)[O-])cc21. The van der Waals surface area contributed by atoms with Crippen molar-refractivity contribution in [3.05, 3.63) is 33.0 Å². The molecule has 72 valence electrons. The van der Waals surface area contributed by atoms with Gasteiger partial charge in [-0.1, -0.05) is 0 Å². The number of nitro groups is 1. The summed E-state index contributed by atoms with van der Waals surface area (Å²) in [5.41, 5.74) is 1.55. The number of nitrogens with zero attached hydrogens (tertiary/aromatic N) is 3. The van der Waals surface area contributed by atoms with Crippen LogP contribution >= 0.6 is 15.9 Å². The van der Waals surface area contributed by atoms with Gasteiger partial charge in [0.15, 0.2) is 0 Å². The Morgan fingerprint density at radius 1 is 1.57 bits per heavy atom. The molecule has 0 spiro atoms. The van der Waals surface area contributed by atoms with E-state index in [-0.39, 0.29) is 5.69 Å². The van der Waals surface area contributed by atoms with Crippen molar-refractivity contribution in [3.63, 3.8) is 0 Å². The predicted octanol–water partition coefficient (Wildman–Crippen LogP) is 2.24. The first-order chi connectivity index (χ1) is 6.59. The lowest BCUT2D eigenvalue weighted by Gasteiger charge is -1.97. The third-order valence-electron chi connectivity index (χ3n) is 1.99. The van der Waals surface area contributed by atoms with Crippen LogP contribution in [0.5, 0.6) is 0 Å². The minimum atomic E-state index is -0.420. The molecule has 0 N–H and O–H groups in total. The second-order valence-electron chi connectivity index (χ2n) is 2.90. The van der Waals surface area contributed by atoms with E-state index < -0.39 is 4.92 Å². The van der Waals surface area contributed by atoms with E-state index in [0.29, 0.717) is 4.47 Å². The normalized spacial score (nSPS) is 10.7. The number of aryl methyl sites for hydroxylation is 1. The minimum absolute atomic E-state index is 0.0566. The van der Waals surface area contributed by atoms with E-state index in [1.54, 1.807) is 24.0 Å². The maximum Gasteiger partial charge on any atom is 0.285 e. The molecule has 14 heavy (non-hydrogen) atoms. The molecule has 0 unspecified atom stereocenters. The van der Waals surface area contributed by atoms with Gasteiger partial charge in [-0.2, -0.15) is 0 Å². The van der Waals surface area contributed by atoms with Gasteiger partial charge in [0.05, 0.1) is 26.8 Å². The van der Waals surface area contributed by atoms with Gasteiger partial charge < -0.3 is 4.57 Å². The molecule has 0 saturated heterocycles. The van der Waals surface area contributed by atoms with Crippen LogP contribution in [0.25, 0.3) is 11.0 Å². The molecule has 0 saturated carbocycles. The highest BCUT2D eigenvalue weighted by atomic mass is 79.9. The summed E-state index contributed by atoms with van der Waals surface area (Å²) in [7, 11) is 1.80. The van der Waals surface area contributed by atoms with E-state index in [4.69, 9.17) is 0 Å². The van der Waals surface area contributed by atoms with Gasteiger partial charge in [-0.25, -0.2) is 4.98 Å². The van der Waals surface area contributed by atoms with Crippen molar-refractivity contribution in [2.45, 2.75) is 0 Å². The highest BCUT2D eigenvalue weighted by molar-refractivity contribution is 9.10. The van der Waals surface area contributed by atoms with Crippen molar-refractivity contribution in [1.29, 1.82) is 0 Å². The first-order valence-electron chi connectivity index (χ1n) is 3.84. The van der Waals surface area contributed by atoms with Gasteiger partial charge in [-0.05, 0) is 22.0 Å². The quantitative estimate of drug-likeness (QED) is 0.580. The second kappa shape index (κ2) is 3.06. The molecule has 0 fully saturated rings. The molecule has 0 radical (unpaired) electrons. The number of rotatable bonds is 1. The third-order valence-corrected chi connectivity index (χ3v) is 2.63. The van der Waals surface area contributed by atoms with Crippen LogP contribution in [0, 0.1) is 10.1 Å². The number of hydrogen-bond acceptors (Lipinski definition) is 3. The van der Waals surface area contributed by atoms with Gasteiger partial charge in [-0.15, -0.1) is 0 Å². The average Bonchev–Trinajstić information content (AvgIpc) is 2.46. The Morgan fingerprint density at radius 3 is 2.93 bits per heavy atom. The van der Waals surface area contributed by atoms with Gasteiger partial charge in [0.25, 0.3) is 5.69 Å². The number of imidazole rings is 1. The van der Waals surface area contributed by atoms with Crippen LogP contribution in [0.4, 0.5) is 5.69 Å². The molecule has 1 aromatic carbocycles. The summed E-state index contributed by atoms with van der Waals surface area (Å²) in [5.74, 6) is 0. The van der Waals surface area contributed by atoms with Crippen LogP contribution in [-0.2, 0) is 7.05 Å². The molecular formula is C8H6BrN3O2. The zero-order chi connectivity index (χ0) is 10.3. The molecule has 6 heteroatoms. The number of nitro benzene ring substituents is 1. The Bertz CT molecular complexity index is 521. The maximum absolute atomic E-state index is 10.6. The first-order valence-corrected chi connectivity index (χ1v) is 4.64. The van der Waals surface area contributed by atoms with Crippen molar-refractivity contribution in [2.24, 2.45) is 7.05 Å². The standard InChI is InChI=1S/C8H6BrN3O2/c1-11-4-10-6-2-5(9)7(12(13)14)3-8(6)11/h2-4H,1H3. The van der Waals surface area contributed by atoms with Crippen molar-refractivity contribution < 1.29 is 4.92 Å². The van der Waals surface area contributed by atoms with E-state index in [0.717, 1.165) is 11.0 Å². The second-order valence-corrected chi connectivity index (χ2v) is 3.76. The van der Waals surface area contributed by atoms with Crippen LogP contribution in [0.1, 0.15) is 0 Å². The lowest BCUT2D eigenvalue weighted by atomic mass is 10.3. The number of fused-ring (bicyclic) bond motifs is 1. The molecule has 1 aromatic heterocycles. The molecule has 1 heterocycles. The average molecular weight is 256 g/mol. The molecule has 0 bridgehead atoms. The van der Waals surface area contributed by atoms with Crippen molar-refractivity contribution >= 4 is 32.7 Å². The number of benzene rings is 1. The Kier molecular flexibility index (Phi) is 1.99. The molecular weight excluding hydrogens is 250 g/mol. The van der Waals surface area contributed by atoms with Gasteiger partial charge in [0, 0.05) is 13.1 Å². The summed E-state index contributed by atoms with van der Waals surface area (Å²) >= 11 is 3.14. The molecule has 2 aromatic rings. The summed E-state index contributed by atoms with van der Waals surface area (Å²) in [6.07, 6.45) is 1.63. The van der Waals surface area contributed by atoms with Crippen LogP contribution < -0.4 is 0 Å². The fraction of sp³-hybridized carbons (Fsp3) is 0.125. The van der Waals surface area contributed by atoms with E-state index in [1.807, 2.05) is 0 Å². The van der Waals surface area contributed by atoms with Crippen LogP contribution in [0.3, 0.4) is 0 Å². The molecule has 0 aliphatic heterocycles. The van der Waals surface area contributed by atoms with Crippen molar-refractivity contribution in [1.82, 2.24) is 9.55 Å². The van der Waals surface area contributed by atoms with E-state index in [2.05, 4.69) is 20.9 Å².